The van der Waals surface area contributed by atoms with E-state index in [0.29, 0.717) is 6.54 Å². The number of nitrogens with one attached hydrogen (secondary N) is 2. The normalized spacial score (nSPS) is 15.3. The fourth-order valence-corrected chi connectivity index (χ4v) is 2.85. The number of hydrazine groups is 1. The first kappa shape index (κ1) is 14.8. The van der Waals surface area contributed by atoms with Gasteiger partial charge >= 0.3 is 0 Å². The van der Waals surface area contributed by atoms with E-state index >= 15 is 0 Å². The topological polar surface area (TPSA) is 67.1 Å². The SMILES string of the molecule is NNc1c(F)cccc1C(=O)NCCCC1CCCC1. The lowest BCUT2D eigenvalue weighted by Gasteiger charge is -2.11. The standard InChI is InChI=1S/C15H22FN3O/c16-13-9-3-8-12(14(13)19-17)15(20)18-10-4-7-11-5-1-2-6-11/h3,8-9,11,19H,1-2,4-7,10,17H2,(H,18,20). The van der Waals surface area contributed by atoms with Crippen molar-refractivity contribution in [2.24, 2.45) is 11.8 Å². The van der Waals surface area contributed by atoms with Crippen LogP contribution in [0.2, 0.25) is 0 Å². The first-order valence-electron chi connectivity index (χ1n) is 7.25. The van der Waals surface area contributed by atoms with Gasteiger partial charge in [0.1, 0.15) is 5.82 Å². The minimum Gasteiger partial charge on any atom is -0.352 e. The molecule has 0 atom stereocenters. The van der Waals surface area contributed by atoms with E-state index in [4.69, 9.17) is 5.84 Å². The number of para-hydroxylation sites is 1. The molecule has 4 nitrogen and oxygen atoms in total. The van der Waals surface area contributed by atoms with E-state index in [1.54, 1.807) is 6.07 Å². The molecule has 1 saturated carbocycles. The number of halogens is 1. The predicted octanol–water partition coefficient (Wildman–Crippen LogP) is 2.81. The Labute approximate surface area is 118 Å². The van der Waals surface area contributed by atoms with Crippen LogP contribution in [0.15, 0.2) is 18.2 Å². The number of nitrogen functional groups attached to an aromatic ring is 1. The number of anilines is 1. The largest absolute Gasteiger partial charge is 0.352 e. The molecular formula is C15H22FN3O. The molecule has 4 N–H and O–H groups in total. The summed E-state index contributed by atoms with van der Waals surface area (Å²) in [5.41, 5.74) is 2.53. The van der Waals surface area contributed by atoms with Gasteiger partial charge in [-0.2, -0.15) is 0 Å². The molecule has 0 aromatic heterocycles. The summed E-state index contributed by atoms with van der Waals surface area (Å²) in [6.07, 6.45) is 7.44. The third-order valence-electron chi connectivity index (χ3n) is 3.95. The van der Waals surface area contributed by atoms with Crippen LogP contribution in [0.1, 0.15) is 48.9 Å². The highest BCUT2D eigenvalue weighted by Crippen LogP contribution is 2.28. The van der Waals surface area contributed by atoms with Crippen LogP contribution in [0.3, 0.4) is 0 Å². The van der Waals surface area contributed by atoms with Gasteiger partial charge in [-0.15, -0.1) is 0 Å². The van der Waals surface area contributed by atoms with Crippen LogP contribution in [0.4, 0.5) is 10.1 Å². The Bertz CT molecular complexity index is 458. The first-order valence-corrected chi connectivity index (χ1v) is 7.25. The van der Waals surface area contributed by atoms with Crippen molar-refractivity contribution >= 4 is 11.6 Å². The molecule has 0 heterocycles. The van der Waals surface area contributed by atoms with Crippen molar-refractivity contribution < 1.29 is 9.18 Å². The molecule has 1 aliphatic carbocycles. The van der Waals surface area contributed by atoms with Gasteiger partial charge < -0.3 is 10.7 Å². The van der Waals surface area contributed by atoms with E-state index in [1.807, 2.05) is 0 Å². The minimum absolute atomic E-state index is 0.0424. The second kappa shape index (κ2) is 7.24. The second-order valence-corrected chi connectivity index (χ2v) is 5.36. The quantitative estimate of drug-likeness (QED) is 0.426. The fourth-order valence-electron chi connectivity index (χ4n) is 2.85. The van der Waals surface area contributed by atoms with Crippen LogP contribution in [-0.2, 0) is 0 Å². The van der Waals surface area contributed by atoms with E-state index in [1.165, 1.54) is 37.8 Å². The monoisotopic (exact) mass is 279 g/mol. The zero-order valence-corrected chi connectivity index (χ0v) is 11.6. The van der Waals surface area contributed by atoms with Gasteiger partial charge in [-0.3, -0.25) is 10.6 Å². The fraction of sp³-hybridized carbons (Fsp3) is 0.533. The van der Waals surface area contributed by atoms with E-state index in [0.717, 1.165) is 18.8 Å². The van der Waals surface area contributed by atoms with Crippen molar-refractivity contribution in [3.8, 4) is 0 Å². The lowest BCUT2D eigenvalue weighted by Crippen LogP contribution is -2.26. The molecule has 0 unspecified atom stereocenters. The van der Waals surface area contributed by atoms with Crippen molar-refractivity contribution in [1.82, 2.24) is 5.32 Å². The number of rotatable bonds is 6. The molecule has 0 radical (unpaired) electrons. The van der Waals surface area contributed by atoms with E-state index in [-0.39, 0.29) is 17.2 Å². The van der Waals surface area contributed by atoms with Gasteiger partial charge in [-0.05, 0) is 30.9 Å². The molecule has 2 rings (SSSR count). The highest BCUT2D eigenvalue weighted by atomic mass is 19.1. The molecule has 0 spiro atoms. The van der Waals surface area contributed by atoms with Gasteiger partial charge in [0.15, 0.2) is 0 Å². The third-order valence-corrected chi connectivity index (χ3v) is 3.95. The molecule has 1 aliphatic rings. The van der Waals surface area contributed by atoms with Gasteiger partial charge in [-0.25, -0.2) is 4.39 Å². The summed E-state index contributed by atoms with van der Waals surface area (Å²) in [6, 6.07) is 4.33. The molecule has 0 bridgehead atoms. The zero-order valence-electron chi connectivity index (χ0n) is 11.6. The Hall–Kier alpha value is -1.62. The van der Waals surface area contributed by atoms with Crippen molar-refractivity contribution in [1.29, 1.82) is 0 Å². The molecule has 20 heavy (non-hydrogen) atoms. The lowest BCUT2D eigenvalue weighted by molar-refractivity contribution is 0.0953. The van der Waals surface area contributed by atoms with E-state index < -0.39 is 5.82 Å². The Balaban J connectivity index is 1.81. The van der Waals surface area contributed by atoms with Crippen LogP contribution >= 0.6 is 0 Å². The predicted molar refractivity (Wildman–Crippen MR) is 77.7 cm³/mol. The number of hydrogen-bond acceptors (Lipinski definition) is 3. The molecule has 0 saturated heterocycles. The van der Waals surface area contributed by atoms with Gasteiger partial charge in [0.25, 0.3) is 5.91 Å². The maximum atomic E-state index is 13.5. The average Bonchev–Trinajstić information content (AvgIpc) is 2.96. The first-order chi connectivity index (χ1) is 9.72. The number of hydrogen-bond donors (Lipinski definition) is 3. The lowest BCUT2D eigenvalue weighted by atomic mass is 10.0. The van der Waals surface area contributed by atoms with Gasteiger partial charge in [-0.1, -0.05) is 31.7 Å². The summed E-state index contributed by atoms with van der Waals surface area (Å²) in [5.74, 6) is 5.27. The number of benzene rings is 1. The Morgan fingerprint density at radius 2 is 2.10 bits per heavy atom. The molecule has 1 aromatic rings. The van der Waals surface area contributed by atoms with Crippen molar-refractivity contribution in [3.63, 3.8) is 0 Å². The summed E-state index contributed by atoms with van der Waals surface area (Å²) in [6.45, 7) is 0.621. The molecule has 1 fully saturated rings. The highest BCUT2D eigenvalue weighted by molar-refractivity contribution is 5.99. The Morgan fingerprint density at radius 1 is 1.35 bits per heavy atom. The summed E-state index contributed by atoms with van der Waals surface area (Å²) < 4.78 is 13.5. The van der Waals surface area contributed by atoms with Crippen LogP contribution in [0.25, 0.3) is 0 Å². The van der Waals surface area contributed by atoms with Crippen molar-refractivity contribution in [2.45, 2.75) is 38.5 Å². The van der Waals surface area contributed by atoms with Crippen LogP contribution in [0, 0.1) is 11.7 Å². The number of carbonyl (C=O) groups excluding carboxylic acids is 1. The smallest absolute Gasteiger partial charge is 0.253 e. The molecule has 110 valence electrons. The number of amides is 1. The summed E-state index contributed by atoms with van der Waals surface area (Å²) >= 11 is 0. The van der Waals surface area contributed by atoms with Crippen molar-refractivity contribution in [3.05, 3.63) is 29.6 Å². The van der Waals surface area contributed by atoms with Crippen LogP contribution < -0.4 is 16.6 Å². The van der Waals surface area contributed by atoms with Gasteiger partial charge in [0.05, 0.1) is 11.3 Å². The van der Waals surface area contributed by atoms with Gasteiger partial charge in [0.2, 0.25) is 0 Å². The molecule has 1 aromatic carbocycles. The third kappa shape index (κ3) is 3.70. The average molecular weight is 279 g/mol. The molecule has 5 heteroatoms. The second-order valence-electron chi connectivity index (χ2n) is 5.36. The maximum absolute atomic E-state index is 13.5. The minimum atomic E-state index is -0.522. The van der Waals surface area contributed by atoms with Gasteiger partial charge in [0, 0.05) is 6.54 Å². The summed E-state index contributed by atoms with van der Waals surface area (Å²) in [7, 11) is 0. The maximum Gasteiger partial charge on any atom is 0.253 e. The van der Waals surface area contributed by atoms with E-state index in [2.05, 4.69) is 10.7 Å². The zero-order chi connectivity index (χ0) is 14.4. The summed E-state index contributed by atoms with van der Waals surface area (Å²) in [5, 5.41) is 2.82. The van der Waals surface area contributed by atoms with E-state index in [9.17, 15) is 9.18 Å². The Morgan fingerprint density at radius 3 is 2.80 bits per heavy atom. The van der Waals surface area contributed by atoms with Crippen molar-refractivity contribution in [2.75, 3.05) is 12.0 Å². The molecule has 1 amide bonds. The van der Waals surface area contributed by atoms with Crippen LogP contribution in [-0.4, -0.2) is 12.5 Å². The molecular weight excluding hydrogens is 257 g/mol. The molecule has 0 aliphatic heterocycles. The number of carbonyl (C=O) groups is 1. The highest BCUT2D eigenvalue weighted by Gasteiger charge is 2.16. The summed E-state index contributed by atoms with van der Waals surface area (Å²) in [4.78, 5) is 12.0. The number of nitrogens with two attached hydrogens (primary N) is 1. The van der Waals surface area contributed by atoms with Crippen LogP contribution in [0.5, 0.6) is 0 Å². The Kier molecular flexibility index (Phi) is 5.35.